The van der Waals surface area contributed by atoms with E-state index in [1.54, 1.807) is 48.3 Å². The summed E-state index contributed by atoms with van der Waals surface area (Å²) in [4.78, 5) is 16.1. The van der Waals surface area contributed by atoms with Crippen LogP contribution in [0.1, 0.15) is 32.1 Å². The first kappa shape index (κ1) is 38.1. The normalized spacial score (nSPS) is 20.4. The van der Waals surface area contributed by atoms with Crippen LogP contribution in [0, 0.1) is 5.92 Å². The number of benzene rings is 2. The first-order valence-electron chi connectivity index (χ1n) is 20.0. The molecule has 0 amide bonds. The zero-order valence-corrected chi connectivity index (χ0v) is 34.5. The number of hydrogen-bond acceptors (Lipinski definition) is 15. The highest BCUT2D eigenvalue weighted by Gasteiger charge is 2.39. The topological polar surface area (TPSA) is 185 Å². The number of phenols is 2. The molecule has 3 fully saturated rings. The Morgan fingerprint density at radius 3 is 1.95 bits per heavy atom. The van der Waals surface area contributed by atoms with E-state index in [-0.39, 0.29) is 17.5 Å². The number of nitrogens with one attached hydrogen (secondary N) is 2. The van der Waals surface area contributed by atoms with Crippen molar-refractivity contribution in [3.63, 3.8) is 0 Å². The number of fused-ring (bicyclic) bond motifs is 3. The quantitative estimate of drug-likeness (QED) is 0.123. The Kier molecular flexibility index (Phi) is 10.0. The largest absolute Gasteiger partial charge is 0.507 e. The number of hydrogen-bond donors (Lipinski definition) is 4. The molecule has 4 N–H and O–H groups in total. The summed E-state index contributed by atoms with van der Waals surface area (Å²) >= 11 is 3.13. The van der Waals surface area contributed by atoms with E-state index < -0.39 is 6.17 Å². The van der Waals surface area contributed by atoms with Crippen molar-refractivity contribution in [3.8, 4) is 56.3 Å². The molecule has 0 bridgehead atoms. The number of anilines is 2. The number of thiazole rings is 2. The maximum atomic E-state index is 14.1. The lowest BCUT2D eigenvalue weighted by molar-refractivity contribution is 0.202. The van der Waals surface area contributed by atoms with Crippen LogP contribution in [0.2, 0.25) is 0 Å². The zero-order chi connectivity index (χ0) is 40.9. The minimum absolute atomic E-state index is 0.116. The number of rotatable bonds is 7. The lowest BCUT2D eigenvalue weighted by Gasteiger charge is -2.36. The summed E-state index contributed by atoms with van der Waals surface area (Å²) in [5.74, 6) is 1.01. The van der Waals surface area contributed by atoms with Crippen molar-refractivity contribution in [3.05, 3.63) is 73.3 Å². The molecule has 6 aromatic heterocycles. The molecule has 2 aliphatic heterocycles. The molecule has 1 aliphatic carbocycles. The number of aromatic hydroxyl groups is 2. The predicted octanol–water partition coefficient (Wildman–Crippen LogP) is 7.56. The summed E-state index contributed by atoms with van der Waals surface area (Å²) in [5, 5.41) is 53.6. The highest BCUT2D eigenvalue weighted by Crippen LogP contribution is 2.41. The minimum atomic E-state index is -0.820. The monoisotopic (exact) mass is 843 g/mol. The van der Waals surface area contributed by atoms with Crippen molar-refractivity contribution >= 4 is 53.6 Å². The Hall–Kier alpha value is -6.11. The standard InChI is InChI=1S/C22H23N7OS.C20H19FN6OS/c1-28-6-5-18-14(12-28)4-7-29(18)22-25-21-20(31-22)9-17(26-27-21)16-3-2-13(8-19(16)30)15-10-23-24-11-15;1-27(16-4-2-3-14(16)21)20-24-19-18(29-20)8-15(25-26-19)13-6-5-11(7-17(13)28)12-9-22-23-10-12/h2-3,8-11,14,18,30H,4-7,12H2,1H3,(H,23,24);5-10,14,16,28H,2-4H2,1H3,(H,22,23)/t14-,18+;14-,16+/m00/s1. The van der Waals surface area contributed by atoms with Gasteiger partial charge in [0.2, 0.25) is 0 Å². The van der Waals surface area contributed by atoms with Gasteiger partial charge >= 0.3 is 0 Å². The van der Waals surface area contributed by atoms with E-state index in [2.05, 4.69) is 62.6 Å². The van der Waals surface area contributed by atoms with Crippen molar-refractivity contribution in [1.29, 1.82) is 0 Å². The average molecular weight is 844 g/mol. The number of alkyl halides is 1. The molecule has 0 radical (unpaired) electrons. The van der Waals surface area contributed by atoms with E-state index in [9.17, 15) is 14.6 Å². The molecule has 15 nitrogen and oxygen atoms in total. The third kappa shape index (κ3) is 7.28. The molecule has 1 saturated carbocycles. The number of phenolic OH excluding ortho intramolecular Hbond substituents is 2. The molecular weight excluding hydrogens is 802 g/mol. The molecule has 4 atom stereocenters. The van der Waals surface area contributed by atoms with Crippen molar-refractivity contribution in [2.75, 3.05) is 43.5 Å². The third-order valence-corrected chi connectivity index (χ3v) is 14.1. The smallest absolute Gasteiger partial charge is 0.194 e. The SMILES string of the molecule is CN(c1nc2nnc(-c3ccc(-c4cn[nH]c4)cc3O)cc2s1)[C@@H]1CCC[C@@H]1F.CN1CC[C@@H]2[C@@H](CCN2c2nc3nnc(-c4ccc(-c5cn[nH]c5)cc4O)cc3s2)C1. The van der Waals surface area contributed by atoms with Gasteiger partial charge in [0.15, 0.2) is 21.6 Å². The number of piperidine rings is 1. The van der Waals surface area contributed by atoms with Crippen LogP contribution in [-0.4, -0.2) is 118 Å². The second-order valence-electron chi connectivity index (χ2n) is 15.8. The van der Waals surface area contributed by atoms with Crippen molar-refractivity contribution < 1.29 is 14.6 Å². The Morgan fingerprint density at radius 2 is 1.37 bits per heavy atom. The summed E-state index contributed by atoms with van der Waals surface area (Å²) in [6.07, 6.45) is 10.9. The van der Waals surface area contributed by atoms with Gasteiger partial charge in [-0.25, -0.2) is 4.39 Å². The highest BCUT2D eigenvalue weighted by molar-refractivity contribution is 7.22. The van der Waals surface area contributed by atoms with Gasteiger partial charge in [-0.1, -0.05) is 34.8 Å². The Morgan fingerprint density at radius 1 is 0.733 bits per heavy atom. The Labute approximate surface area is 352 Å². The summed E-state index contributed by atoms with van der Waals surface area (Å²) in [5.41, 5.74) is 7.24. The van der Waals surface area contributed by atoms with Gasteiger partial charge in [-0.2, -0.15) is 20.2 Å². The molecule has 8 aromatic rings. The summed E-state index contributed by atoms with van der Waals surface area (Å²) < 4.78 is 16.0. The summed E-state index contributed by atoms with van der Waals surface area (Å²) in [7, 11) is 4.10. The van der Waals surface area contributed by atoms with E-state index in [4.69, 9.17) is 4.98 Å². The maximum Gasteiger partial charge on any atom is 0.194 e. The van der Waals surface area contributed by atoms with Crippen LogP contribution >= 0.6 is 22.7 Å². The fourth-order valence-electron chi connectivity index (χ4n) is 8.75. The van der Waals surface area contributed by atoms with E-state index in [0.29, 0.717) is 46.3 Å². The lowest BCUT2D eigenvalue weighted by atomic mass is 9.93. The molecular formula is C42H42FN13O2S2. The summed E-state index contributed by atoms with van der Waals surface area (Å²) in [6.45, 7) is 3.37. The second kappa shape index (κ2) is 15.8. The van der Waals surface area contributed by atoms with Crippen molar-refractivity contribution in [2.45, 2.75) is 50.4 Å². The molecule has 2 saturated heterocycles. The molecule has 306 valence electrons. The van der Waals surface area contributed by atoms with Crippen LogP contribution in [0.25, 0.3) is 65.5 Å². The molecule has 2 aromatic carbocycles. The fourth-order valence-corrected chi connectivity index (χ4v) is 10.7. The number of halogens is 1. The van der Waals surface area contributed by atoms with Crippen molar-refractivity contribution in [2.24, 2.45) is 5.92 Å². The molecule has 8 heterocycles. The van der Waals surface area contributed by atoms with Crippen LogP contribution in [0.5, 0.6) is 11.5 Å². The van der Waals surface area contributed by atoms with Gasteiger partial charge in [-0.05, 0) is 99.1 Å². The van der Waals surface area contributed by atoms with Crippen LogP contribution in [0.3, 0.4) is 0 Å². The van der Waals surface area contributed by atoms with Crippen LogP contribution < -0.4 is 9.80 Å². The molecule has 0 spiro atoms. The van der Waals surface area contributed by atoms with Gasteiger partial charge in [0.05, 0.1) is 39.2 Å². The number of H-pyrrole nitrogens is 2. The molecule has 18 heteroatoms. The number of aromatic amines is 2. The van der Waals surface area contributed by atoms with Crippen molar-refractivity contribution in [1.82, 2.24) is 55.7 Å². The van der Waals surface area contributed by atoms with Gasteiger partial charge < -0.3 is 24.9 Å². The number of nitrogens with zero attached hydrogens (tertiary/aromatic N) is 11. The van der Waals surface area contributed by atoms with Gasteiger partial charge in [0.25, 0.3) is 0 Å². The van der Waals surface area contributed by atoms with Gasteiger partial charge in [0.1, 0.15) is 17.7 Å². The number of likely N-dealkylation sites (tertiary alicyclic amines) is 1. The lowest BCUT2D eigenvalue weighted by Crippen LogP contribution is -2.44. The van der Waals surface area contributed by atoms with E-state index in [1.807, 2.05) is 48.3 Å². The van der Waals surface area contributed by atoms with E-state index >= 15 is 0 Å². The first-order chi connectivity index (χ1) is 29.3. The van der Waals surface area contributed by atoms with Gasteiger partial charge in [-0.3, -0.25) is 10.2 Å². The fraction of sp³-hybridized carbons (Fsp3) is 0.333. The summed E-state index contributed by atoms with van der Waals surface area (Å²) in [6, 6.07) is 15.2. The predicted molar refractivity (Wildman–Crippen MR) is 232 cm³/mol. The maximum absolute atomic E-state index is 14.1. The molecule has 3 aliphatic rings. The van der Waals surface area contributed by atoms with Gasteiger partial charge in [0, 0.05) is 60.8 Å². The van der Waals surface area contributed by atoms with E-state index in [0.717, 1.165) is 73.8 Å². The molecule has 0 unspecified atom stereocenters. The minimum Gasteiger partial charge on any atom is -0.507 e. The molecule has 60 heavy (non-hydrogen) atoms. The Balaban J connectivity index is 0.000000145. The van der Waals surface area contributed by atoms with Gasteiger partial charge in [-0.15, -0.1) is 20.4 Å². The highest BCUT2D eigenvalue weighted by atomic mass is 32.1. The van der Waals surface area contributed by atoms with E-state index in [1.165, 1.54) is 30.7 Å². The third-order valence-electron chi connectivity index (χ3n) is 12.0. The molecule has 11 rings (SSSR count). The zero-order valence-electron chi connectivity index (χ0n) is 32.9. The average Bonchev–Trinajstić information content (AvgIpc) is 4.12. The van der Waals surface area contributed by atoms with Crippen LogP contribution in [0.15, 0.2) is 73.3 Å². The Bertz CT molecular complexity index is 2780. The van der Waals surface area contributed by atoms with Crippen LogP contribution in [-0.2, 0) is 0 Å². The first-order valence-corrected chi connectivity index (χ1v) is 21.6. The van der Waals surface area contributed by atoms with Crippen LogP contribution in [0.4, 0.5) is 14.7 Å². The second-order valence-corrected chi connectivity index (χ2v) is 17.8. The number of aromatic nitrogens is 10.